The molecule has 1 saturated heterocycles. The maximum Gasteiger partial charge on any atom is 0.280 e. The lowest BCUT2D eigenvalue weighted by Gasteiger charge is -2.13. The standard InChI is InChI=1S/C10H13N5O3.C2H6O/c11-10-13-8-7(9(17)14-10)12-4-15(8)6-2-1-5(3-16)18-6;1-3-2/h4-6,16H,1-3H2,(H3,11,13,14,17);1-2H3. The van der Waals surface area contributed by atoms with Crippen LogP contribution in [0.1, 0.15) is 19.1 Å². The van der Waals surface area contributed by atoms with Crippen LogP contribution in [0.3, 0.4) is 0 Å². The van der Waals surface area contributed by atoms with Crippen molar-refractivity contribution in [1.82, 2.24) is 19.5 Å². The minimum Gasteiger partial charge on any atom is -0.394 e. The van der Waals surface area contributed by atoms with Crippen molar-refractivity contribution in [3.05, 3.63) is 16.7 Å². The number of hydrogen-bond acceptors (Lipinski definition) is 7. The van der Waals surface area contributed by atoms with Gasteiger partial charge < -0.3 is 20.3 Å². The highest BCUT2D eigenvalue weighted by Gasteiger charge is 2.27. The third kappa shape index (κ3) is 3.20. The van der Waals surface area contributed by atoms with Gasteiger partial charge in [0.25, 0.3) is 5.56 Å². The van der Waals surface area contributed by atoms with Crippen LogP contribution in [-0.2, 0) is 9.47 Å². The van der Waals surface area contributed by atoms with E-state index in [1.807, 2.05) is 0 Å². The number of rotatable bonds is 2. The molecule has 0 aliphatic carbocycles. The topological polar surface area (TPSA) is 128 Å². The fourth-order valence-electron chi connectivity index (χ4n) is 2.18. The molecule has 3 heterocycles. The van der Waals surface area contributed by atoms with E-state index in [0.29, 0.717) is 5.65 Å². The molecule has 4 N–H and O–H groups in total. The summed E-state index contributed by atoms with van der Waals surface area (Å²) in [6, 6.07) is 0. The summed E-state index contributed by atoms with van der Waals surface area (Å²) in [4.78, 5) is 22.1. The molecular weight excluding hydrogens is 278 g/mol. The van der Waals surface area contributed by atoms with Crippen LogP contribution in [0.5, 0.6) is 0 Å². The van der Waals surface area contributed by atoms with E-state index in [9.17, 15) is 4.79 Å². The van der Waals surface area contributed by atoms with Crippen molar-refractivity contribution in [2.45, 2.75) is 25.2 Å². The first-order chi connectivity index (χ1) is 10.1. The number of aliphatic hydroxyl groups is 1. The number of hydrogen-bond donors (Lipinski definition) is 3. The molecule has 0 bridgehead atoms. The number of nitrogens with zero attached hydrogens (tertiary/aromatic N) is 3. The van der Waals surface area contributed by atoms with E-state index in [1.165, 1.54) is 6.33 Å². The number of nitrogens with two attached hydrogens (primary N) is 1. The smallest absolute Gasteiger partial charge is 0.280 e. The Balaban J connectivity index is 0.000000497. The lowest BCUT2D eigenvalue weighted by atomic mass is 10.2. The highest BCUT2D eigenvalue weighted by atomic mass is 16.5. The number of methoxy groups -OCH3 is 1. The summed E-state index contributed by atoms with van der Waals surface area (Å²) in [5.74, 6) is 0.0472. The summed E-state index contributed by atoms with van der Waals surface area (Å²) in [5, 5.41) is 9.04. The molecule has 1 aliphatic heterocycles. The Morgan fingerprint density at radius 2 is 2.29 bits per heavy atom. The average molecular weight is 297 g/mol. The SMILES string of the molecule is COC.Nc1nc2c(ncn2C2CCC(CO)O2)c(=O)[nH]1. The summed E-state index contributed by atoms with van der Waals surface area (Å²) < 4.78 is 11.5. The number of anilines is 1. The Morgan fingerprint density at radius 1 is 1.57 bits per heavy atom. The lowest BCUT2D eigenvalue weighted by Crippen LogP contribution is -2.16. The van der Waals surface area contributed by atoms with Gasteiger partial charge in [0, 0.05) is 14.2 Å². The van der Waals surface area contributed by atoms with Crippen molar-refractivity contribution in [1.29, 1.82) is 0 Å². The Labute approximate surface area is 120 Å². The van der Waals surface area contributed by atoms with Gasteiger partial charge in [0.05, 0.1) is 19.0 Å². The normalized spacial score (nSPS) is 21.3. The van der Waals surface area contributed by atoms with Gasteiger partial charge in [0.2, 0.25) is 5.95 Å². The predicted molar refractivity (Wildman–Crippen MR) is 75.7 cm³/mol. The summed E-state index contributed by atoms with van der Waals surface area (Å²) in [7, 11) is 3.25. The minimum absolute atomic E-state index is 0.0146. The molecule has 1 aliphatic rings. The molecule has 3 rings (SSSR count). The van der Waals surface area contributed by atoms with Crippen LogP contribution in [0.25, 0.3) is 11.2 Å². The van der Waals surface area contributed by atoms with Crippen molar-refractivity contribution >= 4 is 17.1 Å². The van der Waals surface area contributed by atoms with Crippen LogP contribution in [0, 0.1) is 0 Å². The minimum atomic E-state index is -0.368. The zero-order valence-electron chi connectivity index (χ0n) is 11.9. The largest absolute Gasteiger partial charge is 0.394 e. The number of ether oxygens (including phenoxy) is 2. The molecule has 0 amide bonds. The monoisotopic (exact) mass is 297 g/mol. The summed E-state index contributed by atoms with van der Waals surface area (Å²) in [5.41, 5.74) is 5.79. The highest BCUT2D eigenvalue weighted by molar-refractivity contribution is 5.70. The molecule has 2 unspecified atom stereocenters. The summed E-state index contributed by atoms with van der Waals surface area (Å²) >= 11 is 0. The maximum absolute atomic E-state index is 11.6. The number of H-pyrrole nitrogens is 1. The van der Waals surface area contributed by atoms with E-state index in [2.05, 4.69) is 19.7 Å². The van der Waals surface area contributed by atoms with E-state index in [1.54, 1.807) is 18.8 Å². The maximum atomic E-state index is 11.6. The van der Waals surface area contributed by atoms with Crippen LogP contribution in [0.15, 0.2) is 11.1 Å². The van der Waals surface area contributed by atoms with Gasteiger partial charge in [-0.15, -0.1) is 0 Å². The van der Waals surface area contributed by atoms with Gasteiger partial charge in [-0.1, -0.05) is 0 Å². The van der Waals surface area contributed by atoms with Crippen LogP contribution >= 0.6 is 0 Å². The van der Waals surface area contributed by atoms with Crippen LogP contribution in [-0.4, -0.2) is 51.6 Å². The third-order valence-electron chi connectivity index (χ3n) is 3.05. The average Bonchev–Trinajstić information content (AvgIpc) is 3.05. The number of aliphatic hydroxyl groups excluding tert-OH is 1. The Morgan fingerprint density at radius 3 is 2.90 bits per heavy atom. The van der Waals surface area contributed by atoms with Gasteiger partial charge in [0.1, 0.15) is 6.23 Å². The van der Waals surface area contributed by atoms with Gasteiger partial charge in [-0.2, -0.15) is 4.98 Å². The second-order valence-electron chi connectivity index (χ2n) is 4.66. The first-order valence-electron chi connectivity index (χ1n) is 6.49. The first kappa shape index (κ1) is 15.4. The van der Waals surface area contributed by atoms with Gasteiger partial charge >= 0.3 is 0 Å². The molecule has 0 saturated carbocycles. The Kier molecular flexibility index (Phi) is 4.89. The van der Waals surface area contributed by atoms with Crippen LogP contribution in [0.4, 0.5) is 5.95 Å². The fraction of sp³-hybridized carbons (Fsp3) is 0.583. The van der Waals surface area contributed by atoms with Gasteiger partial charge in [0.15, 0.2) is 11.2 Å². The van der Waals surface area contributed by atoms with E-state index in [0.717, 1.165) is 12.8 Å². The molecule has 9 nitrogen and oxygen atoms in total. The lowest BCUT2D eigenvalue weighted by molar-refractivity contribution is -0.0207. The molecular formula is C12H19N5O4. The molecule has 2 aromatic heterocycles. The Bertz CT molecular complexity index is 653. The summed E-state index contributed by atoms with van der Waals surface area (Å²) in [6.07, 6.45) is 2.58. The molecule has 2 aromatic rings. The molecule has 116 valence electrons. The highest BCUT2D eigenvalue weighted by Crippen LogP contribution is 2.29. The zero-order valence-corrected chi connectivity index (χ0v) is 11.9. The summed E-state index contributed by atoms with van der Waals surface area (Å²) in [6.45, 7) is -0.0146. The van der Waals surface area contributed by atoms with E-state index in [-0.39, 0.29) is 36.0 Å². The van der Waals surface area contributed by atoms with Crippen molar-refractivity contribution in [2.75, 3.05) is 26.6 Å². The second-order valence-corrected chi connectivity index (χ2v) is 4.66. The Hall–Kier alpha value is -1.97. The molecule has 0 aromatic carbocycles. The van der Waals surface area contributed by atoms with E-state index >= 15 is 0 Å². The quantitative estimate of drug-likeness (QED) is 0.690. The first-order valence-corrected chi connectivity index (χ1v) is 6.49. The number of nitrogens with one attached hydrogen (secondary N) is 1. The number of imidazole rings is 1. The number of aromatic nitrogens is 4. The third-order valence-corrected chi connectivity index (χ3v) is 3.05. The van der Waals surface area contributed by atoms with Gasteiger partial charge in [-0.05, 0) is 12.8 Å². The molecule has 0 radical (unpaired) electrons. The predicted octanol–water partition coefficient (Wildman–Crippen LogP) is -0.366. The number of aromatic amines is 1. The molecule has 0 spiro atoms. The number of fused-ring (bicyclic) bond motifs is 1. The molecule has 9 heteroatoms. The van der Waals surface area contributed by atoms with Gasteiger partial charge in [-0.25, -0.2) is 4.98 Å². The molecule has 21 heavy (non-hydrogen) atoms. The van der Waals surface area contributed by atoms with Crippen molar-refractivity contribution in [3.63, 3.8) is 0 Å². The van der Waals surface area contributed by atoms with Gasteiger partial charge in [-0.3, -0.25) is 14.3 Å². The molecule has 2 atom stereocenters. The number of nitrogen functional groups attached to an aromatic ring is 1. The van der Waals surface area contributed by atoms with Crippen molar-refractivity contribution in [3.8, 4) is 0 Å². The fourth-order valence-corrected chi connectivity index (χ4v) is 2.18. The van der Waals surface area contributed by atoms with E-state index in [4.69, 9.17) is 15.6 Å². The van der Waals surface area contributed by atoms with Crippen LogP contribution in [0.2, 0.25) is 0 Å². The molecule has 1 fully saturated rings. The van der Waals surface area contributed by atoms with Crippen LogP contribution < -0.4 is 11.3 Å². The second kappa shape index (κ2) is 6.66. The van der Waals surface area contributed by atoms with Crippen molar-refractivity contribution in [2.24, 2.45) is 0 Å². The zero-order chi connectivity index (χ0) is 15.4. The van der Waals surface area contributed by atoms with E-state index < -0.39 is 0 Å². The van der Waals surface area contributed by atoms with Crippen molar-refractivity contribution < 1.29 is 14.6 Å².